The Morgan fingerprint density at radius 3 is 2.24 bits per heavy atom. The molecule has 1 aromatic carbocycles. The summed E-state index contributed by atoms with van der Waals surface area (Å²) in [5, 5.41) is 4.26. The minimum Gasteiger partial charge on any atom is -0.306 e. The fourth-order valence-electron chi connectivity index (χ4n) is 2.30. The molecule has 1 aliphatic rings. The van der Waals surface area contributed by atoms with E-state index >= 15 is 0 Å². The first-order valence-electron chi connectivity index (χ1n) is 7.51. The maximum absolute atomic E-state index is 12.1. The molecule has 1 N–H and O–H groups in total. The lowest BCUT2D eigenvalue weighted by atomic mass is 9.87. The molecule has 1 aromatic rings. The summed E-state index contributed by atoms with van der Waals surface area (Å²) in [5.74, 6) is -0.137. The number of benzene rings is 1. The summed E-state index contributed by atoms with van der Waals surface area (Å²) >= 11 is 0. The van der Waals surface area contributed by atoms with Gasteiger partial charge in [-0.2, -0.15) is 5.10 Å². The molecule has 0 spiro atoms. The van der Waals surface area contributed by atoms with Crippen molar-refractivity contribution in [3.8, 4) is 0 Å². The van der Waals surface area contributed by atoms with Gasteiger partial charge < -0.3 is 4.90 Å². The predicted molar refractivity (Wildman–Crippen MR) is 86.8 cm³/mol. The van der Waals surface area contributed by atoms with Crippen LogP contribution in [0.1, 0.15) is 49.5 Å². The van der Waals surface area contributed by atoms with E-state index in [1.54, 1.807) is 0 Å². The van der Waals surface area contributed by atoms with Crippen LogP contribution in [-0.4, -0.2) is 36.7 Å². The zero-order valence-corrected chi connectivity index (χ0v) is 13.4. The van der Waals surface area contributed by atoms with Crippen LogP contribution >= 0.6 is 0 Å². The number of carbonyl (C=O) groups is 1. The Morgan fingerprint density at radius 1 is 1.14 bits per heavy atom. The number of nitrogens with zero attached hydrogens (tertiary/aromatic N) is 2. The Balaban J connectivity index is 1.96. The lowest BCUT2D eigenvalue weighted by Gasteiger charge is -2.22. The Hall–Kier alpha value is -1.68. The standard InChI is InChI=1S/C17H25N3O/c1-17(2,3)14-7-5-13(6-8-14)16(21)19-18-15-9-11-20(4)12-10-15/h5-8H,9-12H2,1-4H3,(H,19,21). The first-order chi connectivity index (χ1) is 9.86. The van der Waals surface area contributed by atoms with E-state index < -0.39 is 0 Å². The summed E-state index contributed by atoms with van der Waals surface area (Å²) < 4.78 is 0. The molecule has 1 heterocycles. The van der Waals surface area contributed by atoms with E-state index in [-0.39, 0.29) is 11.3 Å². The lowest BCUT2D eigenvalue weighted by Crippen LogP contribution is -2.32. The number of piperidine rings is 1. The van der Waals surface area contributed by atoms with Gasteiger partial charge in [0.2, 0.25) is 0 Å². The van der Waals surface area contributed by atoms with Crippen molar-refractivity contribution in [1.82, 2.24) is 10.3 Å². The largest absolute Gasteiger partial charge is 0.306 e. The average Bonchev–Trinajstić information content (AvgIpc) is 2.45. The van der Waals surface area contributed by atoms with Crippen LogP contribution in [0.5, 0.6) is 0 Å². The summed E-state index contributed by atoms with van der Waals surface area (Å²) in [6, 6.07) is 7.75. The molecule has 2 rings (SSSR count). The Kier molecular flexibility index (Phi) is 4.78. The third-order valence-electron chi connectivity index (χ3n) is 3.89. The second-order valence-electron chi connectivity index (χ2n) is 6.75. The topological polar surface area (TPSA) is 44.7 Å². The normalized spacial score (nSPS) is 16.7. The number of hydrogen-bond acceptors (Lipinski definition) is 3. The van der Waals surface area contributed by atoms with Gasteiger partial charge in [0, 0.05) is 37.2 Å². The third kappa shape index (κ3) is 4.39. The Bertz CT molecular complexity index is 516. The molecule has 4 heteroatoms. The van der Waals surface area contributed by atoms with Crippen molar-refractivity contribution in [3.63, 3.8) is 0 Å². The highest BCUT2D eigenvalue weighted by atomic mass is 16.2. The molecule has 21 heavy (non-hydrogen) atoms. The maximum Gasteiger partial charge on any atom is 0.271 e. The monoisotopic (exact) mass is 287 g/mol. The zero-order valence-electron chi connectivity index (χ0n) is 13.4. The van der Waals surface area contributed by atoms with E-state index in [9.17, 15) is 4.79 Å². The van der Waals surface area contributed by atoms with Crippen LogP contribution in [-0.2, 0) is 5.41 Å². The lowest BCUT2D eigenvalue weighted by molar-refractivity contribution is 0.0954. The highest BCUT2D eigenvalue weighted by Crippen LogP contribution is 2.22. The smallest absolute Gasteiger partial charge is 0.271 e. The zero-order chi connectivity index (χ0) is 15.5. The highest BCUT2D eigenvalue weighted by Gasteiger charge is 2.15. The molecule has 4 nitrogen and oxygen atoms in total. The van der Waals surface area contributed by atoms with Gasteiger partial charge in [0.15, 0.2) is 0 Å². The number of likely N-dealkylation sites (tertiary alicyclic amines) is 1. The Labute approximate surface area is 127 Å². The summed E-state index contributed by atoms with van der Waals surface area (Å²) in [6.07, 6.45) is 1.86. The van der Waals surface area contributed by atoms with Crippen molar-refractivity contribution >= 4 is 11.6 Å². The number of hydrazone groups is 1. The van der Waals surface area contributed by atoms with Crippen molar-refractivity contribution in [2.75, 3.05) is 20.1 Å². The number of hydrogen-bond donors (Lipinski definition) is 1. The van der Waals surface area contributed by atoms with Crippen molar-refractivity contribution in [1.29, 1.82) is 0 Å². The van der Waals surface area contributed by atoms with Crippen molar-refractivity contribution in [2.24, 2.45) is 5.10 Å². The number of carbonyl (C=O) groups excluding carboxylic acids is 1. The molecule has 1 amide bonds. The average molecular weight is 287 g/mol. The van der Waals surface area contributed by atoms with Gasteiger partial charge in [-0.3, -0.25) is 4.79 Å². The van der Waals surface area contributed by atoms with Crippen molar-refractivity contribution in [2.45, 2.75) is 39.0 Å². The van der Waals surface area contributed by atoms with Gasteiger partial charge in [-0.05, 0) is 30.2 Å². The fraction of sp³-hybridized carbons (Fsp3) is 0.529. The van der Waals surface area contributed by atoms with E-state index in [2.05, 4.69) is 43.2 Å². The van der Waals surface area contributed by atoms with E-state index in [1.807, 2.05) is 24.3 Å². The molecule has 0 aromatic heterocycles. The number of amides is 1. The molecule has 114 valence electrons. The van der Waals surface area contributed by atoms with E-state index in [0.717, 1.165) is 31.6 Å². The first-order valence-corrected chi connectivity index (χ1v) is 7.51. The van der Waals surface area contributed by atoms with Crippen LogP contribution in [0.15, 0.2) is 29.4 Å². The van der Waals surface area contributed by atoms with Crippen LogP contribution in [0.4, 0.5) is 0 Å². The molecule has 0 radical (unpaired) electrons. The van der Waals surface area contributed by atoms with Crippen molar-refractivity contribution < 1.29 is 4.79 Å². The summed E-state index contributed by atoms with van der Waals surface area (Å²) in [6.45, 7) is 8.50. The second-order valence-corrected chi connectivity index (χ2v) is 6.75. The van der Waals surface area contributed by atoms with E-state index in [0.29, 0.717) is 5.56 Å². The summed E-state index contributed by atoms with van der Waals surface area (Å²) in [7, 11) is 2.10. The van der Waals surface area contributed by atoms with E-state index in [1.165, 1.54) is 5.56 Å². The molecule has 0 unspecified atom stereocenters. The minimum absolute atomic E-state index is 0.101. The molecule has 0 atom stereocenters. The molecule has 1 fully saturated rings. The van der Waals surface area contributed by atoms with Crippen LogP contribution in [0.25, 0.3) is 0 Å². The second kappa shape index (κ2) is 6.39. The predicted octanol–water partition coefficient (Wildman–Crippen LogP) is 2.80. The van der Waals surface area contributed by atoms with Gasteiger partial charge in [-0.1, -0.05) is 32.9 Å². The van der Waals surface area contributed by atoms with Crippen LogP contribution in [0.3, 0.4) is 0 Å². The maximum atomic E-state index is 12.1. The number of nitrogens with one attached hydrogen (secondary N) is 1. The van der Waals surface area contributed by atoms with Crippen LogP contribution in [0.2, 0.25) is 0 Å². The van der Waals surface area contributed by atoms with Gasteiger partial charge in [0.05, 0.1) is 0 Å². The molecular formula is C17H25N3O. The first kappa shape index (κ1) is 15.7. The third-order valence-corrected chi connectivity index (χ3v) is 3.89. The van der Waals surface area contributed by atoms with Gasteiger partial charge in [0.25, 0.3) is 5.91 Å². The summed E-state index contributed by atoms with van der Waals surface area (Å²) in [4.78, 5) is 14.4. The van der Waals surface area contributed by atoms with E-state index in [4.69, 9.17) is 0 Å². The quantitative estimate of drug-likeness (QED) is 0.850. The minimum atomic E-state index is -0.137. The molecule has 0 bridgehead atoms. The molecule has 0 saturated carbocycles. The fourth-order valence-corrected chi connectivity index (χ4v) is 2.30. The molecule has 0 aliphatic carbocycles. The Morgan fingerprint density at radius 2 is 1.71 bits per heavy atom. The highest BCUT2D eigenvalue weighted by molar-refractivity contribution is 5.95. The van der Waals surface area contributed by atoms with Crippen molar-refractivity contribution in [3.05, 3.63) is 35.4 Å². The molecule has 1 aliphatic heterocycles. The van der Waals surface area contributed by atoms with Crippen LogP contribution in [0, 0.1) is 0 Å². The van der Waals surface area contributed by atoms with Crippen LogP contribution < -0.4 is 5.43 Å². The molecule has 1 saturated heterocycles. The summed E-state index contributed by atoms with van der Waals surface area (Å²) in [5.41, 5.74) is 5.73. The van der Waals surface area contributed by atoms with Gasteiger partial charge in [-0.25, -0.2) is 5.43 Å². The SMILES string of the molecule is CN1CCC(=NNC(=O)c2ccc(C(C)(C)C)cc2)CC1. The number of rotatable bonds is 2. The van der Waals surface area contributed by atoms with Gasteiger partial charge >= 0.3 is 0 Å². The molecular weight excluding hydrogens is 262 g/mol. The van der Waals surface area contributed by atoms with Gasteiger partial charge in [-0.15, -0.1) is 0 Å². The van der Waals surface area contributed by atoms with Gasteiger partial charge in [0.1, 0.15) is 0 Å².